The van der Waals surface area contributed by atoms with E-state index in [0.29, 0.717) is 6.04 Å². The average molecular weight is 287 g/mol. The molecule has 1 N–H and O–H groups in total. The van der Waals surface area contributed by atoms with E-state index in [1.54, 1.807) is 0 Å². The number of fused-ring (bicyclic) bond motifs is 1. The third kappa shape index (κ3) is 3.32. The summed E-state index contributed by atoms with van der Waals surface area (Å²) < 4.78 is 0. The van der Waals surface area contributed by atoms with Crippen molar-refractivity contribution in [1.29, 1.82) is 0 Å². The number of aliphatic hydroxyl groups is 1. The Morgan fingerprint density at radius 1 is 1.19 bits per heavy atom. The van der Waals surface area contributed by atoms with Crippen LogP contribution in [0.1, 0.15) is 57.6 Å². The smallest absolute Gasteiger partial charge is 0.0715 e. The Hall–Kier alpha value is -0.860. The number of hydrogen-bond acceptors (Lipinski definition) is 2. The van der Waals surface area contributed by atoms with Gasteiger partial charge in [-0.25, -0.2) is 0 Å². The van der Waals surface area contributed by atoms with Crippen molar-refractivity contribution in [2.75, 3.05) is 13.1 Å². The van der Waals surface area contributed by atoms with Crippen LogP contribution in [0.3, 0.4) is 0 Å². The third-order valence-corrected chi connectivity index (χ3v) is 5.33. The van der Waals surface area contributed by atoms with Crippen LogP contribution in [0.2, 0.25) is 0 Å². The van der Waals surface area contributed by atoms with Crippen molar-refractivity contribution in [3.05, 3.63) is 35.4 Å². The Bertz CT molecular complexity index is 487. The third-order valence-electron chi connectivity index (χ3n) is 5.33. The number of benzene rings is 1. The summed E-state index contributed by atoms with van der Waals surface area (Å²) in [6.07, 6.45) is 5.26. The van der Waals surface area contributed by atoms with E-state index >= 15 is 0 Å². The number of hydrogen-bond donors (Lipinski definition) is 1. The summed E-state index contributed by atoms with van der Waals surface area (Å²) in [7, 11) is 0. The van der Waals surface area contributed by atoms with Gasteiger partial charge in [0, 0.05) is 19.0 Å². The van der Waals surface area contributed by atoms with Gasteiger partial charge >= 0.3 is 0 Å². The molecule has 2 aliphatic heterocycles. The van der Waals surface area contributed by atoms with E-state index in [2.05, 4.69) is 49.9 Å². The fraction of sp³-hybridized carbons (Fsp3) is 0.684. The van der Waals surface area contributed by atoms with E-state index < -0.39 is 5.60 Å². The molecule has 0 bridgehead atoms. The molecule has 0 radical (unpaired) electrons. The lowest BCUT2D eigenvalue weighted by atomic mass is 9.81. The SMILES string of the molecule is CC(C)(C)c1ccc(CC2(O)CCN3CCCC3C2)cc1. The lowest BCUT2D eigenvalue weighted by Crippen LogP contribution is -2.48. The van der Waals surface area contributed by atoms with Crippen LogP contribution in [0.5, 0.6) is 0 Å². The highest BCUT2D eigenvalue weighted by molar-refractivity contribution is 5.28. The van der Waals surface area contributed by atoms with Gasteiger partial charge in [-0.3, -0.25) is 0 Å². The molecule has 2 fully saturated rings. The standard InChI is InChI=1S/C19H29NO/c1-18(2,3)16-8-6-15(7-9-16)13-19(21)10-12-20-11-4-5-17(20)14-19/h6-9,17,21H,4-5,10-14H2,1-3H3. The van der Waals surface area contributed by atoms with Gasteiger partial charge in [-0.05, 0) is 48.8 Å². The molecular weight excluding hydrogens is 258 g/mol. The number of piperidine rings is 1. The van der Waals surface area contributed by atoms with Crippen molar-refractivity contribution in [3.8, 4) is 0 Å². The first-order valence-electron chi connectivity index (χ1n) is 8.42. The summed E-state index contributed by atoms with van der Waals surface area (Å²) in [4.78, 5) is 2.57. The van der Waals surface area contributed by atoms with Crippen molar-refractivity contribution < 1.29 is 5.11 Å². The normalized spacial score (nSPS) is 30.4. The molecule has 0 aliphatic carbocycles. The molecule has 2 atom stereocenters. The van der Waals surface area contributed by atoms with Crippen LogP contribution in [0.25, 0.3) is 0 Å². The highest BCUT2D eigenvalue weighted by Gasteiger charge is 2.40. The molecule has 2 aliphatic rings. The van der Waals surface area contributed by atoms with Crippen molar-refractivity contribution in [3.63, 3.8) is 0 Å². The summed E-state index contributed by atoms with van der Waals surface area (Å²) >= 11 is 0. The van der Waals surface area contributed by atoms with Crippen molar-refractivity contribution >= 4 is 0 Å². The number of nitrogens with zero attached hydrogens (tertiary/aromatic N) is 1. The largest absolute Gasteiger partial charge is 0.389 e. The molecule has 21 heavy (non-hydrogen) atoms. The molecular formula is C19H29NO. The van der Waals surface area contributed by atoms with Gasteiger partial charge in [-0.2, -0.15) is 0 Å². The highest BCUT2D eigenvalue weighted by atomic mass is 16.3. The summed E-state index contributed by atoms with van der Waals surface area (Å²) in [5, 5.41) is 11.0. The van der Waals surface area contributed by atoms with Gasteiger partial charge in [0.25, 0.3) is 0 Å². The van der Waals surface area contributed by atoms with E-state index in [0.717, 1.165) is 25.8 Å². The molecule has 0 saturated carbocycles. The zero-order valence-electron chi connectivity index (χ0n) is 13.7. The predicted molar refractivity (Wildman–Crippen MR) is 87.6 cm³/mol. The summed E-state index contributed by atoms with van der Waals surface area (Å²) in [6, 6.07) is 9.49. The van der Waals surface area contributed by atoms with E-state index in [1.807, 2.05) is 0 Å². The van der Waals surface area contributed by atoms with Crippen LogP contribution in [0.15, 0.2) is 24.3 Å². The maximum absolute atomic E-state index is 11.0. The van der Waals surface area contributed by atoms with Crippen molar-refractivity contribution in [2.24, 2.45) is 0 Å². The van der Waals surface area contributed by atoms with E-state index in [-0.39, 0.29) is 5.41 Å². The highest BCUT2D eigenvalue weighted by Crippen LogP contribution is 2.35. The van der Waals surface area contributed by atoms with Crippen molar-refractivity contribution in [1.82, 2.24) is 4.90 Å². The predicted octanol–water partition coefficient (Wildman–Crippen LogP) is 3.52. The molecule has 2 unspecified atom stereocenters. The Balaban J connectivity index is 1.68. The molecule has 0 aromatic heterocycles. The van der Waals surface area contributed by atoms with Gasteiger partial charge in [0.1, 0.15) is 0 Å². The molecule has 2 nitrogen and oxygen atoms in total. The topological polar surface area (TPSA) is 23.5 Å². The Kier molecular flexibility index (Phi) is 3.87. The fourth-order valence-electron chi connectivity index (χ4n) is 3.98. The number of rotatable bonds is 2. The second-order valence-corrected chi connectivity index (χ2v) is 8.13. The van der Waals surface area contributed by atoms with Gasteiger partial charge < -0.3 is 10.0 Å². The van der Waals surface area contributed by atoms with Crippen LogP contribution >= 0.6 is 0 Å². The van der Waals surface area contributed by atoms with Gasteiger partial charge in [-0.15, -0.1) is 0 Å². The van der Waals surface area contributed by atoms with E-state index in [4.69, 9.17) is 0 Å². The first-order valence-corrected chi connectivity index (χ1v) is 8.42. The minimum atomic E-state index is -0.491. The maximum atomic E-state index is 11.0. The average Bonchev–Trinajstić information content (AvgIpc) is 2.84. The first kappa shape index (κ1) is 15.1. The summed E-state index contributed by atoms with van der Waals surface area (Å²) in [6.45, 7) is 9.03. The Morgan fingerprint density at radius 2 is 1.90 bits per heavy atom. The molecule has 3 rings (SSSR count). The maximum Gasteiger partial charge on any atom is 0.0715 e. The van der Waals surface area contributed by atoms with Crippen LogP contribution < -0.4 is 0 Å². The van der Waals surface area contributed by atoms with Crippen LogP contribution in [-0.4, -0.2) is 34.7 Å². The molecule has 2 heterocycles. The lowest BCUT2D eigenvalue weighted by molar-refractivity contribution is -0.0354. The Labute approximate surface area is 129 Å². The summed E-state index contributed by atoms with van der Waals surface area (Å²) in [5.41, 5.74) is 2.35. The minimum Gasteiger partial charge on any atom is -0.389 e. The second kappa shape index (κ2) is 5.40. The minimum absolute atomic E-state index is 0.199. The van der Waals surface area contributed by atoms with E-state index in [9.17, 15) is 5.11 Å². The molecule has 0 spiro atoms. The van der Waals surface area contributed by atoms with Crippen LogP contribution in [0, 0.1) is 0 Å². The van der Waals surface area contributed by atoms with Gasteiger partial charge in [-0.1, -0.05) is 45.0 Å². The molecule has 1 aromatic rings. The monoisotopic (exact) mass is 287 g/mol. The second-order valence-electron chi connectivity index (χ2n) is 8.13. The summed E-state index contributed by atoms with van der Waals surface area (Å²) in [5.74, 6) is 0. The van der Waals surface area contributed by atoms with Gasteiger partial charge in [0.2, 0.25) is 0 Å². The van der Waals surface area contributed by atoms with Gasteiger partial charge in [0.05, 0.1) is 5.60 Å². The van der Waals surface area contributed by atoms with Crippen LogP contribution in [0.4, 0.5) is 0 Å². The molecule has 1 aromatic carbocycles. The van der Waals surface area contributed by atoms with E-state index in [1.165, 1.54) is 30.5 Å². The Morgan fingerprint density at radius 3 is 2.57 bits per heavy atom. The zero-order chi connectivity index (χ0) is 15.1. The first-order chi connectivity index (χ1) is 9.86. The fourth-order valence-corrected chi connectivity index (χ4v) is 3.98. The molecule has 0 amide bonds. The quantitative estimate of drug-likeness (QED) is 0.899. The lowest BCUT2D eigenvalue weighted by Gasteiger charge is -2.41. The zero-order valence-corrected chi connectivity index (χ0v) is 13.7. The molecule has 2 saturated heterocycles. The van der Waals surface area contributed by atoms with Crippen molar-refractivity contribution in [2.45, 2.75) is 69.9 Å². The van der Waals surface area contributed by atoms with Crippen LogP contribution in [-0.2, 0) is 11.8 Å². The van der Waals surface area contributed by atoms with Gasteiger partial charge in [0.15, 0.2) is 0 Å². The molecule has 116 valence electrons. The molecule has 2 heteroatoms.